The van der Waals surface area contributed by atoms with Crippen molar-refractivity contribution >= 4 is 39.3 Å². The first kappa shape index (κ1) is 22.1. The third-order valence-electron chi connectivity index (χ3n) is 4.66. The van der Waals surface area contributed by atoms with E-state index < -0.39 is 10.0 Å². The van der Waals surface area contributed by atoms with Crippen LogP contribution < -0.4 is 5.32 Å². The topological polar surface area (TPSA) is 66.5 Å². The molecule has 2 aromatic rings. The second kappa shape index (κ2) is 9.93. The molecule has 3 rings (SSSR count). The van der Waals surface area contributed by atoms with Crippen LogP contribution in [0.3, 0.4) is 0 Å². The minimum absolute atomic E-state index is 0.202. The number of hydrogen-bond donors (Lipinski definition) is 1. The van der Waals surface area contributed by atoms with Crippen molar-refractivity contribution in [3.63, 3.8) is 0 Å². The number of halogens is 2. The first-order valence-electron chi connectivity index (χ1n) is 9.28. The molecule has 0 aromatic heterocycles. The average Bonchev–Trinajstić information content (AvgIpc) is 3.25. The zero-order valence-corrected chi connectivity index (χ0v) is 18.1. The van der Waals surface area contributed by atoms with Crippen LogP contribution in [0.2, 0.25) is 5.02 Å². The molecule has 0 aliphatic carbocycles. The summed E-state index contributed by atoms with van der Waals surface area (Å²) in [5, 5.41) is 3.18. The van der Waals surface area contributed by atoms with Crippen molar-refractivity contribution in [1.29, 1.82) is 0 Å². The monoisotopic (exact) mass is 456 g/mol. The molecule has 1 fully saturated rings. The molecule has 1 saturated heterocycles. The molecule has 0 saturated carbocycles. The van der Waals surface area contributed by atoms with Gasteiger partial charge in [0, 0.05) is 47.3 Å². The van der Waals surface area contributed by atoms with Gasteiger partial charge in [-0.1, -0.05) is 17.7 Å². The summed E-state index contributed by atoms with van der Waals surface area (Å²) in [6, 6.07) is 10.6. The molecule has 1 amide bonds. The van der Waals surface area contributed by atoms with Crippen LogP contribution >= 0.6 is 23.4 Å². The molecule has 0 radical (unpaired) electrons. The van der Waals surface area contributed by atoms with Crippen molar-refractivity contribution in [2.75, 3.05) is 25.4 Å². The van der Waals surface area contributed by atoms with Gasteiger partial charge in [-0.3, -0.25) is 4.79 Å². The average molecular weight is 457 g/mol. The van der Waals surface area contributed by atoms with E-state index in [-0.39, 0.29) is 16.6 Å². The van der Waals surface area contributed by atoms with E-state index in [0.29, 0.717) is 47.3 Å². The van der Waals surface area contributed by atoms with Gasteiger partial charge >= 0.3 is 0 Å². The van der Waals surface area contributed by atoms with E-state index in [0.717, 1.165) is 12.8 Å². The first-order chi connectivity index (χ1) is 13.9. The quantitative estimate of drug-likeness (QED) is 0.611. The number of carbonyl (C=O) groups excluding carboxylic acids is 1. The maximum Gasteiger partial charge on any atom is 0.251 e. The molecule has 1 aliphatic heterocycles. The molecule has 2 aromatic carbocycles. The largest absolute Gasteiger partial charge is 0.351 e. The van der Waals surface area contributed by atoms with Crippen LogP contribution in [0.15, 0.2) is 47.4 Å². The second-order valence-electron chi connectivity index (χ2n) is 6.64. The lowest BCUT2D eigenvalue weighted by atomic mass is 10.2. The molecular weight excluding hydrogens is 435 g/mol. The molecule has 29 heavy (non-hydrogen) atoms. The minimum Gasteiger partial charge on any atom is -0.351 e. The molecule has 9 heteroatoms. The van der Waals surface area contributed by atoms with Crippen LogP contribution in [-0.4, -0.2) is 44.0 Å². The van der Waals surface area contributed by atoms with Gasteiger partial charge in [0.2, 0.25) is 10.0 Å². The Labute approximate surface area is 179 Å². The zero-order chi connectivity index (χ0) is 20.9. The summed E-state index contributed by atoms with van der Waals surface area (Å²) < 4.78 is 40.2. The van der Waals surface area contributed by atoms with Gasteiger partial charge in [0.15, 0.2) is 0 Å². The van der Waals surface area contributed by atoms with E-state index in [1.54, 1.807) is 12.1 Å². The van der Waals surface area contributed by atoms with E-state index in [4.69, 9.17) is 11.6 Å². The lowest BCUT2D eigenvalue weighted by Crippen LogP contribution is -2.28. The molecule has 5 nitrogen and oxygen atoms in total. The van der Waals surface area contributed by atoms with E-state index in [1.165, 1.54) is 46.4 Å². The number of thioether (sulfide) groups is 1. The second-order valence-corrected chi connectivity index (χ2v) is 10.1. The Hall–Kier alpha value is -1.61. The number of carbonyl (C=O) groups is 1. The van der Waals surface area contributed by atoms with Crippen LogP contribution in [-0.2, 0) is 15.8 Å². The predicted molar refractivity (Wildman–Crippen MR) is 114 cm³/mol. The highest BCUT2D eigenvalue weighted by atomic mass is 35.5. The first-order valence-corrected chi connectivity index (χ1v) is 12.3. The summed E-state index contributed by atoms with van der Waals surface area (Å²) in [5.41, 5.74) is 0.854. The van der Waals surface area contributed by atoms with Crippen LogP contribution in [0, 0.1) is 5.82 Å². The Morgan fingerprint density at radius 2 is 1.83 bits per heavy atom. The highest BCUT2D eigenvalue weighted by Crippen LogP contribution is 2.24. The number of amides is 1. The molecule has 1 N–H and O–H groups in total. The van der Waals surface area contributed by atoms with Crippen molar-refractivity contribution in [1.82, 2.24) is 9.62 Å². The molecular formula is C20H22ClFN2O3S2. The van der Waals surface area contributed by atoms with Crippen molar-refractivity contribution in [3.8, 4) is 0 Å². The van der Waals surface area contributed by atoms with Gasteiger partial charge in [0.1, 0.15) is 5.82 Å². The lowest BCUT2D eigenvalue weighted by molar-refractivity contribution is 0.0956. The molecule has 0 unspecified atom stereocenters. The standard InChI is InChI=1S/C20H22ClFN2O3S2/c21-18-4-3-5-19(22)17(18)14-28-13-10-23-20(25)15-6-8-16(9-7-15)29(26,27)24-11-1-2-12-24/h3-9H,1-2,10-14H2,(H,23,25). The Kier molecular flexibility index (Phi) is 7.56. The summed E-state index contributed by atoms with van der Waals surface area (Å²) >= 11 is 7.46. The minimum atomic E-state index is -3.48. The molecule has 1 aliphatic rings. The fourth-order valence-electron chi connectivity index (χ4n) is 3.04. The third-order valence-corrected chi connectivity index (χ3v) is 7.91. The van der Waals surface area contributed by atoms with Crippen LogP contribution in [0.1, 0.15) is 28.8 Å². The molecule has 0 bridgehead atoms. The van der Waals surface area contributed by atoms with Crippen LogP contribution in [0.5, 0.6) is 0 Å². The van der Waals surface area contributed by atoms with Crippen molar-refractivity contribution in [2.45, 2.75) is 23.5 Å². The van der Waals surface area contributed by atoms with E-state index in [2.05, 4.69) is 5.32 Å². The van der Waals surface area contributed by atoms with Gasteiger partial charge in [-0.05, 0) is 49.2 Å². The molecule has 0 atom stereocenters. The van der Waals surface area contributed by atoms with Crippen molar-refractivity contribution < 1.29 is 17.6 Å². The van der Waals surface area contributed by atoms with E-state index in [1.807, 2.05) is 0 Å². The van der Waals surface area contributed by atoms with Gasteiger partial charge in [0.05, 0.1) is 4.90 Å². The summed E-state index contributed by atoms with van der Waals surface area (Å²) in [7, 11) is -3.48. The zero-order valence-electron chi connectivity index (χ0n) is 15.7. The maximum atomic E-state index is 13.7. The normalized spacial score (nSPS) is 14.8. The SMILES string of the molecule is O=C(NCCSCc1c(F)cccc1Cl)c1ccc(S(=O)(=O)N2CCCC2)cc1. The molecule has 1 heterocycles. The van der Waals surface area contributed by atoms with Gasteiger partial charge in [-0.15, -0.1) is 0 Å². The Morgan fingerprint density at radius 1 is 1.14 bits per heavy atom. The summed E-state index contributed by atoms with van der Waals surface area (Å²) in [6.07, 6.45) is 1.75. The lowest BCUT2D eigenvalue weighted by Gasteiger charge is -2.15. The molecule has 0 spiro atoms. The highest BCUT2D eigenvalue weighted by molar-refractivity contribution is 7.98. The number of benzene rings is 2. The summed E-state index contributed by atoms with van der Waals surface area (Å²) in [6.45, 7) is 1.49. The summed E-state index contributed by atoms with van der Waals surface area (Å²) in [4.78, 5) is 12.4. The van der Waals surface area contributed by atoms with Gasteiger partial charge in [0.25, 0.3) is 5.91 Å². The van der Waals surface area contributed by atoms with E-state index in [9.17, 15) is 17.6 Å². The van der Waals surface area contributed by atoms with E-state index >= 15 is 0 Å². The van der Waals surface area contributed by atoms with Crippen LogP contribution in [0.25, 0.3) is 0 Å². The van der Waals surface area contributed by atoms with Crippen LogP contribution in [0.4, 0.5) is 4.39 Å². The summed E-state index contributed by atoms with van der Waals surface area (Å²) in [5.74, 6) is 0.403. The highest BCUT2D eigenvalue weighted by Gasteiger charge is 2.27. The fourth-order valence-corrected chi connectivity index (χ4v) is 5.75. The van der Waals surface area contributed by atoms with Gasteiger partial charge in [-0.2, -0.15) is 16.1 Å². The predicted octanol–water partition coefficient (Wildman–Crippen LogP) is 3.93. The number of sulfonamides is 1. The third kappa shape index (κ3) is 5.51. The number of nitrogens with zero attached hydrogens (tertiary/aromatic N) is 1. The Balaban J connectivity index is 1.47. The van der Waals surface area contributed by atoms with Gasteiger partial charge < -0.3 is 5.32 Å². The fraction of sp³-hybridized carbons (Fsp3) is 0.350. The van der Waals surface area contributed by atoms with Crippen molar-refractivity contribution in [3.05, 3.63) is 64.4 Å². The Bertz CT molecular complexity index is 942. The maximum absolute atomic E-state index is 13.7. The number of rotatable bonds is 8. The van der Waals surface area contributed by atoms with Crippen molar-refractivity contribution in [2.24, 2.45) is 0 Å². The number of nitrogens with one attached hydrogen (secondary N) is 1. The number of hydrogen-bond acceptors (Lipinski definition) is 4. The molecule has 156 valence electrons. The Morgan fingerprint density at radius 3 is 2.48 bits per heavy atom. The van der Waals surface area contributed by atoms with Gasteiger partial charge in [-0.25, -0.2) is 12.8 Å². The smallest absolute Gasteiger partial charge is 0.251 e.